The third-order valence-corrected chi connectivity index (χ3v) is 3.44. The van der Waals surface area contributed by atoms with Gasteiger partial charge in [-0.05, 0) is 6.92 Å². The number of rotatable bonds is 3. The quantitative estimate of drug-likeness (QED) is 0.345. The molecule has 0 amide bonds. The van der Waals surface area contributed by atoms with Gasteiger partial charge in [0.1, 0.15) is 0 Å². The molecule has 0 spiro atoms. The Hall–Kier alpha value is -0.100. The molecule has 0 aromatic heterocycles. The van der Waals surface area contributed by atoms with Crippen LogP contribution in [0.4, 0.5) is 0 Å². The van der Waals surface area contributed by atoms with Crippen molar-refractivity contribution in [3.8, 4) is 0 Å². The molecule has 1 N–H and O–H groups in total. The summed E-state index contributed by atoms with van der Waals surface area (Å²) >= 11 is 0. The number of hydrogen-bond donors (Lipinski definition) is 2. The Morgan fingerprint density at radius 1 is 1.89 bits per heavy atom. The summed E-state index contributed by atoms with van der Waals surface area (Å²) in [6.07, 6.45) is 1.67. The molecule has 0 aliphatic carbocycles. The summed E-state index contributed by atoms with van der Waals surface area (Å²) in [5.74, 6) is 0. The van der Waals surface area contributed by atoms with Crippen LogP contribution in [0.1, 0.15) is 6.92 Å². The van der Waals surface area contributed by atoms with Crippen LogP contribution >= 0.6 is 9.91 Å². The Bertz CT molecular complexity index is 145. The van der Waals surface area contributed by atoms with Crippen molar-refractivity contribution in [2.24, 2.45) is 0 Å². The molecule has 56 valence electrons. The highest BCUT2D eigenvalue weighted by Crippen LogP contribution is 2.72. The molecule has 0 bridgehead atoms. The van der Waals surface area contributed by atoms with E-state index in [2.05, 4.69) is 4.89 Å². The molecule has 0 aromatic rings. The molecule has 1 aliphatic heterocycles. The van der Waals surface area contributed by atoms with Gasteiger partial charge >= 0.3 is 0 Å². The first-order valence-corrected chi connectivity index (χ1v) is 5.32. The van der Waals surface area contributed by atoms with Gasteiger partial charge in [-0.2, -0.15) is 14.2 Å². The minimum atomic E-state index is -2.81. The maximum absolute atomic E-state index is 10.3. The maximum Gasteiger partial charge on any atom is 0.211 e. The van der Waals surface area contributed by atoms with Gasteiger partial charge in [0.2, 0.25) is 5.62 Å². The third kappa shape index (κ3) is 1.09. The van der Waals surface area contributed by atoms with Crippen LogP contribution in [0.3, 0.4) is 0 Å². The minimum Gasteiger partial charge on any atom is -0.294 e. The Morgan fingerprint density at radius 3 is 2.56 bits per heavy atom. The normalized spacial score (nSPS) is 32.0. The maximum atomic E-state index is 10.3. The molecule has 0 aromatic carbocycles. The minimum absolute atomic E-state index is 0.500. The van der Waals surface area contributed by atoms with E-state index in [-0.39, 0.29) is 0 Å². The Labute approximate surface area is 54.3 Å². The van der Waals surface area contributed by atoms with Gasteiger partial charge in [-0.25, -0.2) is 0 Å². The lowest BCUT2D eigenvalue weighted by Crippen LogP contribution is -2.08. The van der Waals surface area contributed by atoms with Crippen molar-refractivity contribution in [3.05, 3.63) is 0 Å². The zero-order valence-corrected chi connectivity index (χ0v) is 6.35. The highest BCUT2D eigenvalue weighted by atomic mass is 32.3. The van der Waals surface area contributed by atoms with E-state index in [9.17, 15) is 4.79 Å². The summed E-state index contributed by atoms with van der Waals surface area (Å²) in [7, 11) is -2.81. The van der Waals surface area contributed by atoms with Gasteiger partial charge in [0.05, 0.1) is 6.61 Å². The van der Waals surface area contributed by atoms with Crippen molar-refractivity contribution >= 4 is 15.5 Å². The average Bonchev–Trinajstić information content (AvgIpc) is 2.49. The second-order valence-electron chi connectivity index (χ2n) is 2.15. The van der Waals surface area contributed by atoms with E-state index >= 15 is 0 Å². The lowest BCUT2D eigenvalue weighted by Gasteiger charge is -2.33. The fraction of sp³-hybridized carbons (Fsp3) is 0.750. The van der Waals surface area contributed by atoms with Gasteiger partial charge in [0.25, 0.3) is 0 Å². The first kappa shape index (κ1) is 7.01. The second kappa shape index (κ2) is 1.69. The molecule has 1 rings (SSSR count). The Balaban J connectivity index is 2.59. The molecule has 4 nitrogen and oxygen atoms in total. The lowest BCUT2D eigenvalue weighted by molar-refractivity contribution is 0.359. The fourth-order valence-electron chi connectivity index (χ4n) is 0.528. The number of carbonyl (C=O) groups is 1. The summed E-state index contributed by atoms with van der Waals surface area (Å²) in [6, 6.07) is 0. The zero-order valence-electron chi connectivity index (χ0n) is 5.46. The van der Waals surface area contributed by atoms with Gasteiger partial charge in [-0.1, -0.05) is 0 Å². The highest BCUT2D eigenvalue weighted by Gasteiger charge is 2.44. The summed E-state index contributed by atoms with van der Waals surface area (Å²) in [4.78, 5) is 12.9. The van der Waals surface area contributed by atoms with Crippen molar-refractivity contribution in [1.29, 1.82) is 0 Å². The molecule has 0 unspecified atom stereocenters. The molecular formula is C4H11NO3S. The predicted molar refractivity (Wildman–Crippen MR) is 37.5 cm³/mol. The summed E-state index contributed by atoms with van der Waals surface area (Å²) in [5.41, 5.74) is 0.731. The molecular weight excluding hydrogens is 142 g/mol. The monoisotopic (exact) mass is 153 g/mol. The van der Waals surface area contributed by atoms with E-state index in [1.165, 1.54) is 0 Å². The van der Waals surface area contributed by atoms with E-state index in [0.717, 1.165) is 5.62 Å². The Kier molecular flexibility index (Phi) is 1.32. The van der Waals surface area contributed by atoms with Crippen LogP contribution < -0.4 is 4.89 Å². The molecule has 9 heavy (non-hydrogen) atoms. The van der Waals surface area contributed by atoms with Gasteiger partial charge in [-0.15, -0.1) is 4.89 Å². The summed E-state index contributed by atoms with van der Waals surface area (Å²) in [5, 5.41) is 0. The van der Waals surface area contributed by atoms with Crippen molar-refractivity contribution in [1.82, 2.24) is 4.89 Å². The number of thiol groups is 1. The predicted octanol–water partition coefficient (Wildman–Crippen LogP) is 0.195. The third-order valence-electron chi connectivity index (χ3n) is 1.15. The molecule has 5 heteroatoms. The molecule has 1 aliphatic rings. The highest BCUT2D eigenvalue weighted by molar-refractivity contribution is 8.53. The Morgan fingerprint density at radius 2 is 2.44 bits per heavy atom. The molecule has 0 saturated carbocycles. The smallest absolute Gasteiger partial charge is 0.211 e. The fourth-order valence-corrected chi connectivity index (χ4v) is 2.07. The van der Waals surface area contributed by atoms with Gasteiger partial charge in [0.15, 0.2) is 0 Å². The van der Waals surface area contributed by atoms with Crippen LogP contribution in [-0.4, -0.2) is 18.5 Å². The number of carbonyl (C=O) groups excluding carboxylic acids is 1. The first-order chi connectivity index (χ1) is 4.13. The van der Waals surface area contributed by atoms with E-state index < -0.39 is 9.91 Å². The molecule has 0 atom stereocenters. The van der Waals surface area contributed by atoms with E-state index in [0.29, 0.717) is 6.61 Å². The van der Waals surface area contributed by atoms with Gasteiger partial charge in [0, 0.05) is 6.26 Å². The molecule has 1 heterocycles. The van der Waals surface area contributed by atoms with Crippen LogP contribution in [0.25, 0.3) is 0 Å². The van der Waals surface area contributed by atoms with Crippen molar-refractivity contribution in [2.45, 2.75) is 6.92 Å². The van der Waals surface area contributed by atoms with Crippen LogP contribution in [0.15, 0.2) is 0 Å². The number of nitrogens with one attached hydrogen (secondary N) is 1. The van der Waals surface area contributed by atoms with E-state index in [1.54, 1.807) is 6.26 Å². The topological polar surface area (TPSA) is 60.8 Å². The second-order valence-corrected chi connectivity index (χ2v) is 5.87. The molecule has 0 radical (unpaired) electrons. The summed E-state index contributed by atoms with van der Waals surface area (Å²) < 4.78 is 9.87. The van der Waals surface area contributed by atoms with Crippen LogP contribution in [0.2, 0.25) is 0 Å². The lowest BCUT2D eigenvalue weighted by atomic mass is 10.9. The summed E-state index contributed by atoms with van der Waals surface area (Å²) in [6.45, 7) is 2.32. The standard InChI is InChI=1S/C4H11NO3S/c1-3-7-9(2,4-6)5-8-9/h4-5,9H,3H2,1-2H3. The average molecular weight is 153 g/mol. The van der Waals surface area contributed by atoms with Crippen LogP contribution in [0.5, 0.6) is 0 Å². The number of hydrogen-bond acceptors (Lipinski definition) is 4. The van der Waals surface area contributed by atoms with Crippen LogP contribution in [0, 0.1) is 0 Å². The SMILES string of the molecule is CCO[SH]1(C)(C=O)NO1. The molecule has 1 saturated heterocycles. The zero-order chi connectivity index (χ0) is 6.98. The van der Waals surface area contributed by atoms with Gasteiger partial charge < -0.3 is 0 Å². The van der Waals surface area contributed by atoms with Gasteiger partial charge in [-0.3, -0.25) is 8.98 Å². The van der Waals surface area contributed by atoms with E-state index in [4.69, 9.17) is 8.47 Å². The van der Waals surface area contributed by atoms with Crippen molar-refractivity contribution in [2.75, 3.05) is 12.9 Å². The largest absolute Gasteiger partial charge is 0.294 e. The van der Waals surface area contributed by atoms with Crippen molar-refractivity contribution in [3.63, 3.8) is 0 Å². The van der Waals surface area contributed by atoms with Crippen molar-refractivity contribution < 1.29 is 13.3 Å². The molecule has 1 fully saturated rings. The van der Waals surface area contributed by atoms with Crippen LogP contribution in [-0.2, 0) is 13.3 Å². The van der Waals surface area contributed by atoms with E-state index in [1.807, 2.05) is 6.92 Å². The first-order valence-electron chi connectivity index (χ1n) is 2.73.